The molecule has 2 aliphatic carbocycles. The van der Waals surface area contributed by atoms with Gasteiger partial charge in [0.2, 0.25) is 0 Å². The summed E-state index contributed by atoms with van der Waals surface area (Å²) in [5.41, 5.74) is 4.34. The van der Waals surface area contributed by atoms with Crippen molar-refractivity contribution in [2.75, 3.05) is 5.32 Å². The molecule has 1 heterocycles. The molecule has 0 spiro atoms. The van der Waals surface area contributed by atoms with Crippen LogP contribution in [0.25, 0.3) is 22.5 Å². The third-order valence-electron chi connectivity index (χ3n) is 7.46. The Morgan fingerprint density at radius 3 is 2.00 bits per heavy atom. The molecule has 2 aliphatic rings. The van der Waals surface area contributed by atoms with Crippen molar-refractivity contribution in [2.24, 2.45) is 0 Å². The summed E-state index contributed by atoms with van der Waals surface area (Å²) in [6.45, 7) is 1.77. The summed E-state index contributed by atoms with van der Waals surface area (Å²) in [5.74, 6) is -0.300. The standard InChI is InChI=1S/C30H26N2O5/c1-19-25(31-28(35)36-30(17-18-30)24-5-3-2-4-6-24)26(37-32-19)22-9-7-20(8-10-22)21-11-13-23(14-12-21)29(15-16-29)27(33)34/h2-14H,15-18H2,1H3,(H,31,35)(H,33,34). The molecule has 7 heteroatoms. The molecule has 2 saturated carbocycles. The summed E-state index contributed by atoms with van der Waals surface area (Å²) in [5, 5.41) is 16.4. The van der Waals surface area contributed by atoms with Gasteiger partial charge in [0.05, 0.1) is 5.41 Å². The minimum Gasteiger partial charge on any atom is -0.481 e. The number of carbonyl (C=O) groups is 2. The number of hydrogen-bond acceptors (Lipinski definition) is 5. The predicted molar refractivity (Wildman–Crippen MR) is 138 cm³/mol. The van der Waals surface area contributed by atoms with Gasteiger partial charge in [0, 0.05) is 5.56 Å². The van der Waals surface area contributed by atoms with Crippen LogP contribution in [0.1, 0.15) is 42.5 Å². The lowest BCUT2D eigenvalue weighted by atomic mass is 9.93. The van der Waals surface area contributed by atoms with Crippen LogP contribution in [0.15, 0.2) is 83.4 Å². The molecule has 186 valence electrons. The molecule has 0 atom stereocenters. The first-order chi connectivity index (χ1) is 17.9. The van der Waals surface area contributed by atoms with E-state index in [0.717, 1.165) is 40.7 Å². The molecule has 0 unspecified atom stereocenters. The Labute approximate surface area is 214 Å². The Hall–Kier alpha value is -4.39. The number of nitrogens with one attached hydrogen (secondary N) is 1. The highest BCUT2D eigenvalue weighted by atomic mass is 16.6. The minimum atomic E-state index is -0.757. The molecule has 0 saturated heterocycles. The molecule has 1 amide bonds. The monoisotopic (exact) mass is 494 g/mol. The van der Waals surface area contributed by atoms with Crippen molar-refractivity contribution in [2.45, 2.75) is 43.6 Å². The van der Waals surface area contributed by atoms with Crippen LogP contribution in [0.2, 0.25) is 0 Å². The number of ether oxygens (including phenoxy) is 1. The topological polar surface area (TPSA) is 102 Å². The van der Waals surface area contributed by atoms with E-state index in [2.05, 4.69) is 10.5 Å². The number of carbonyl (C=O) groups excluding carboxylic acids is 1. The molecule has 0 aliphatic heterocycles. The van der Waals surface area contributed by atoms with E-state index in [1.807, 2.05) is 78.9 Å². The van der Waals surface area contributed by atoms with Crippen molar-refractivity contribution < 1.29 is 24.0 Å². The normalized spacial score (nSPS) is 16.6. The highest BCUT2D eigenvalue weighted by molar-refractivity contribution is 5.91. The van der Waals surface area contributed by atoms with Crippen molar-refractivity contribution in [1.29, 1.82) is 0 Å². The van der Waals surface area contributed by atoms with Gasteiger partial charge in [-0.1, -0.05) is 84.0 Å². The van der Waals surface area contributed by atoms with Gasteiger partial charge in [0.15, 0.2) is 5.76 Å². The van der Waals surface area contributed by atoms with Gasteiger partial charge in [0.1, 0.15) is 17.0 Å². The van der Waals surface area contributed by atoms with Gasteiger partial charge >= 0.3 is 12.1 Å². The molecule has 4 aromatic rings. The number of nitrogens with zero attached hydrogens (tertiary/aromatic N) is 1. The summed E-state index contributed by atoms with van der Waals surface area (Å²) in [6.07, 6.45) is 2.41. The number of hydrogen-bond donors (Lipinski definition) is 2. The molecular weight excluding hydrogens is 468 g/mol. The van der Waals surface area contributed by atoms with E-state index in [1.165, 1.54) is 0 Å². The number of aliphatic carboxylic acids is 1. The summed E-state index contributed by atoms with van der Waals surface area (Å²) in [6, 6.07) is 25.2. The van der Waals surface area contributed by atoms with E-state index in [9.17, 15) is 14.7 Å². The molecule has 2 fully saturated rings. The lowest BCUT2D eigenvalue weighted by Crippen LogP contribution is -2.22. The molecule has 6 rings (SSSR count). The Morgan fingerprint density at radius 1 is 0.838 bits per heavy atom. The molecule has 1 aromatic heterocycles. The van der Waals surface area contributed by atoms with Gasteiger partial charge < -0.3 is 14.4 Å². The van der Waals surface area contributed by atoms with Crippen LogP contribution in [0.5, 0.6) is 0 Å². The Kier molecular flexibility index (Phi) is 5.37. The van der Waals surface area contributed by atoms with Crippen LogP contribution < -0.4 is 5.32 Å². The maximum Gasteiger partial charge on any atom is 0.412 e. The third-order valence-corrected chi connectivity index (χ3v) is 7.46. The molecule has 0 radical (unpaired) electrons. The van der Waals surface area contributed by atoms with Crippen LogP contribution in [-0.4, -0.2) is 22.3 Å². The Morgan fingerprint density at radius 2 is 1.43 bits per heavy atom. The number of amides is 1. The zero-order valence-electron chi connectivity index (χ0n) is 20.4. The van der Waals surface area contributed by atoms with Gasteiger partial charge in [-0.3, -0.25) is 10.1 Å². The molecule has 0 bridgehead atoms. The number of benzene rings is 3. The first-order valence-corrected chi connectivity index (χ1v) is 12.4. The van der Waals surface area contributed by atoms with Crippen molar-refractivity contribution in [3.8, 4) is 22.5 Å². The smallest absolute Gasteiger partial charge is 0.412 e. The average molecular weight is 495 g/mol. The zero-order valence-corrected chi connectivity index (χ0v) is 20.4. The Balaban J connectivity index is 1.18. The maximum atomic E-state index is 12.8. The highest BCUT2D eigenvalue weighted by Crippen LogP contribution is 2.50. The number of carboxylic acid groups (broad SMARTS) is 1. The van der Waals surface area contributed by atoms with Crippen LogP contribution >= 0.6 is 0 Å². The molecular formula is C30H26N2O5. The van der Waals surface area contributed by atoms with Crippen LogP contribution in [-0.2, 0) is 20.5 Å². The maximum absolute atomic E-state index is 12.8. The highest BCUT2D eigenvalue weighted by Gasteiger charge is 2.51. The van der Waals surface area contributed by atoms with Gasteiger partial charge in [-0.2, -0.15) is 0 Å². The minimum absolute atomic E-state index is 0.457. The second-order valence-corrected chi connectivity index (χ2v) is 9.89. The van der Waals surface area contributed by atoms with Crippen molar-refractivity contribution in [3.05, 3.63) is 95.7 Å². The van der Waals surface area contributed by atoms with E-state index in [1.54, 1.807) is 6.92 Å². The predicted octanol–water partition coefficient (Wildman–Crippen LogP) is 6.67. The zero-order chi connectivity index (χ0) is 25.6. The van der Waals surface area contributed by atoms with E-state index >= 15 is 0 Å². The van der Waals surface area contributed by atoms with Crippen LogP contribution in [0.3, 0.4) is 0 Å². The van der Waals surface area contributed by atoms with E-state index < -0.39 is 23.1 Å². The SMILES string of the molecule is Cc1noc(-c2ccc(-c3ccc(C4(C(=O)O)CC4)cc3)cc2)c1NC(=O)OC1(c2ccccc2)CC1. The first-order valence-electron chi connectivity index (χ1n) is 12.4. The van der Waals surface area contributed by atoms with Gasteiger partial charge in [-0.05, 0) is 54.9 Å². The van der Waals surface area contributed by atoms with E-state index in [4.69, 9.17) is 9.26 Å². The van der Waals surface area contributed by atoms with E-state index in [-0.39, 0.29) is 0 Å². The fourth-order valence-corrected chi connectivity index (χ4v) is 4.87. The summed E-state index contributed by atoms with van der Waals surface area (Å²) >= 11 is 0. The number of rotatable bonds is 7. The lowest BCUT2D eigenvalue weighted by Gasteiger charge is -2.17. The van der Waals surface area contributed by atoms with Gasteiger partial charge in [-0.25, -0.2) is 4.79 Å². The molecule has 3 aromatic carbocycles. The number of carboxylic acids is 1. The third kappa shape index (κ3) is 4.16. The van der Waals surface area contributed by atoms with Crippen LogP contribution in [0.4, 0.5) is 10.5 Å². The lowest BCUT2D eigenvalue weighted by molar-refractivity contribution is -0.140. The van der Waals surface area contributed by atoms with Crippen molar-refractivity contribution in [1.82, 2.24) is 5.16 Å². The number of aryl methyl sites for hydroxylation is 1. The fourth-order valence-electron chi connectivity index (χ4n) is 4.87. The largest absolute Gasteiger partial charge is 0.481 e. The second kappa shape index (κ2) is 8.62. The van der Waals surface area contributed by atoms with Gasteiger partial charge in [0.25, 0.3) is 0 Å². The van der Waals surface area contributed by atoms with Crippen LogP contribution in [0, 0.1) is 6.92 Å². The number of aromatic nitrogens is 1. The Bertz CT molecular complexity index is 1460. The molecule has 7 nitrogen and oxygen atoms in total. The fraction of sp³-hybridized carbons (Fsp3) is 0.233. The van der Waals surface area contributed by atoms with E-state index in [0.29, 0.717) is 30.0 Å². The molecule has 37 heavy (non-hydrogen) atoms. The quantitative estimate of drug-likeness (QED) is 0.297. The average Bonchev–Trinajstić information content (AvgIpc) is 3.84. The van der Waals surface area contributed by atoms with Crippen molar-refractivity contribution in [3.63, 3.8) is 0 Å². The second-order valence-electron chi connectivity index (χ2n) is 9.89. The first kappa shape index (κ1) is 23.0. The summed E-state index contributed by atoms with van der Waals surface area (Å²) in [4.78, 5) is 24.4. The summed E-state index contributed by atoms with van der Waals surface area (Å²) in [7, 11) is 0. The number of anilines is 1. The summed E-state index contributed by atoms with van der Waals surface area (Å²) < 4.78 is 11.4. The van der Waals surface area contributed by atoms with Gasteiger partial charge in [-0.15, -0.1) is 0 Å². The molecule has 2 N–H and O–H groups in total. The van der Waals surface area contributed by atoms with Crippen molar-refractivity contribution >= 4 is 17.7 Å².